The number of hydrogen-bond donors (Lipinski definition) is 1. The van der Waals surface area contributed by atoms with Gasteiger partial charge >= 0.3 is 0 Å². The van der Waals surface area contributed by atoms with E-state index in [1.54, 1.807) is 31.2 Å². The number of halogens is 2. The van der Waals surface area contributed by atoms with Crippen molar-refractivity contribution in [3.8, 4) is 0 Å². The molecule has 0 aliphatic carbocycles. The Morgan fingerprint density at radius 3 is 2.70 bits per heavy atom. The average Bonchev–Trinajstić information content (AvgIpc) is 2.61. The lowest BCUT2D eigenvalue weighted by molar-refractivity contribution is -0.116. The van der Waals surface area contributed by atoms with Crippen molar-refractivity contribution in [2.75, 3.05) is 10.2 Å². The predicted octanol–water partition coefficient (Wildman–Crippen LogP) is 3.34. The number of benzene rings is 2. The summed E-state index contributed by atoms with van der Waals surface area (Å²) in [4.78, 5) is 26.1. The van der Waals surface area contributed by atoms with E-state index in [1.807, 2.05) is 0 Å². The quantitative estimate of drug-likeness (QED) is 0.877. The average molecular weight is 316 g/mol. The van der Waals surface area contributed by atoms with Gasteiger partial charge in [0.2, 0.25) is 5.91 Å². The first kappa shape index (κ1) is 15.1. The van der Waals surface area contributed by atoms with Gasteiger partial charge in [-0.3, -0.25) is 9.59 Å². The summed E-state index contributed by atoms with van der Waals surface area (Å²) in [6.45, 7) is 1.71. The maximum absolute atomic E-state index is 14.0. The first-order chi connectivity index (χ1) is 11.0. The second kappa shape index (κ2) is 5.79. The van der Waals surface area contributed by atoms with E-state index in [-0.39, 0.29) is 17.9 Å². The lowest BCUT2D eigenvalue weighted by Crippen LogP contribution is -2.39. The molecule has 4 nitrogen and oxygen atoms in total. The van der Waals surface area contributed by atoms with E-state index < -0.39 is 23.6 Å². The van der Waals surface area contributed by atoms with Gasteiger partial charge in [0.15, 0.2) is 0 Å². The number of carbonyl (C=O) groups excluding carboxylic acids is 2. The summed E-state index contributed by atoms with van der Waals surface area (Å²) < 4.78 is 27.0. The summed E-state index contributed by atoms with van der Waals surface area (Å²) in [5.41, 5.74) is 0.736. The highest BCUT2D eigenvalue weighted by Gasteiger charge is 2.31. The fraction of sp³-hybridized carbons (Fsp3) is 0.176. The standard InChI is InChI=1S/C17H14F2N2O2/c1-10-8-16(22)20-14-4-2-3-5-15(14)21(10)17(23)12-7-6-11(18)9-13(12)19/h2-7,9-10H,8H2,1H3,(H,20,22)/t10-/m0/s1. The minimum absolute atomic E-state index is 0.0865. The number of rotatable bonds is 1. The zero-order chi connectivity index (χ0) is 16.6. The van der Waals surface area contributed by atoms with E-state index in [0.717, 1.165) is 12.1 Å². The lowest BCUT2D eigenvalue weighted by atomic mass is 10.1. The monoisotopic (exact) mass is 316 g/mol. The van der Waals surface area contributed by atoms with Crippen molar-refractivity contribution in [3.63, 3.8) is 0 Å². The molecule has 3 rings (SSSR count). The summed E-state index contributed by atoms with van der Waals surface area (Å²) in [6, 6.07) is 9.17. The van der Waals surface area contributed by atoms with Crippen LogP contribution in [0, 0.1) is 11.6 Å². The van der Waals surface area contributed by atoms with Crippen LogP contribution >= 0.6 is 0 Å². The Labute approximate surface area is 131 Å². The molecular formula is C17H14F2N2O2. The SMILES string of the molecule is C[C@H]1CC(=O)Nc2ccccc2N1C(=O)c1ccc(F)cc1F. The lowest BCUT2D eigenvalue weighted by Gasteiger charge is -2.28. The molecule has 2 aromatic carbocycles. The van der Waals surface area contributed by atoms with Crippen LogP contribution < -0.4 is 10.2 Å². The molecule has 1 N–H and O–H groups in total. The van der Waals surface area contributed by atoms with E-state index in [1.165, 1.54) is 4.90 Å². The number of amides is 2. The van der Waals surface area contributed by atoms with Crippen LogP contribution in [-0.2, 0) is 4.79 Å². The molecule has 0 unspecified atom stereocenters. The fourth-order valence-electron chi connectivity index (χ4n) is 2.69. The molecule has 0 bridgehead atoms. The molecule has 0 saturated carbocycles. The molecule has 0 radical (unpaired) electrons. The van der Waals surface area contributed by atoms with E-state index in [4.69, 9.17) is 0 Å². The van der Waals surface area contributed by atoms with Crippen molar-refractivity contribution in [1.29, 1.82) is 0 Å². The Bertz CT molecular complexity index is 792. The minimum Gasteiger partial charge on any atom is -0.324 e. The molecule has 0 fully saturated rings. The zero-order valence-corrected chi connectivity index (χ0v) is 12.3. The van der Waals surface area contributed by atoms with Gasteiger partial charge in [0.1, 0.15) is 11.6 Å². The molecule has 118 valence electrons. The predicted molar refractivity (Wildman–Crippen MR) is 82.3 cm³/mol. The minimum atomic E-state index is -0.928. The van der Waals surface area contributed by atoms with Gasteiger partial charge in [0, 0.05) is 18.5 Å². The zero-order valence-electron chi connectivity index (χ0n) is 12.3. The first-order valence-corrected chi connectivity index (χ1v) is 7.15. The Kier molecular flexibility index (Phi) is 3.82. The van der Waals surface area contributed by atoms with Crippen molar-refractivity contribution in [3.05, 3.63) is 59.7 Å². The number of nitrogens with one attached hydrogen (secondary N) is 1. The second-order valence-electron chi connectivity index (χ2n) is 5.42. The Hall–Kier alpha value is -2.76. The number of nitrogens with zero attached hydrogens (tertiary/aromatic N) is 1. The topological polar surface area (TPSA) is 49.4 Å². The van der Waals surface area contributed by atoms with Crippen molar-refractivity contribution in [2.45, 2.75) is 19.4 Å². The van der Waals surface area contributed by atoms with Crippen molar-refractivity contribution >= 4 is 23.2 Å². The second-order valence-corrected chi connectivity index (χ2v) is 5.42. The summed E-state index contributed by atoms with van der Waals surface area (Å²) in [6.07, 6.45) is 0.0865. The van der Waals surface area contributed by atoms with Crippen LogP contribution in [0.5, 0.6) is 0 Å². The number of anilines is 2. The molecule has 1 heterocycles. The summed E-state index contributed by atoms with van der Waals surface area (Å²) >= 11 is 0. The highest BCUT2D eigenvalue weighted by atomic mass is 19.1. The summed E-state index contributed by atoms with van der Waals surface area (Å²) in [7, 11) is 0. The van der Waals surface area contributed by atoms with Gasteiger partial charge in [0.05, 0.1) is 16.9 Å². The molecular weight excluding hydrogens is 302 g/mol. The van der Waals surface area contributed by atoms with Crippen LogP contribution in [0.4, 0.5) is 20.2 Å². The molecule has 6 heteroatoms. The Morgan fingerprint density at radius 1 is 1.22 bits per heavy atom. The van der Waals surface area contributed by atoms with E-state index in [0.29, 0.717) is 17.4 Å². The van der Waals surface area contributed by atoms with Crippen molar-refractivity contribution < 1.29 is 18.4 Å². The van der Waals surface area contributed by atoms with Gasteiger partial charge in [-0.15, -0.1) is 0 Å². The van der Waals surface area contributed by atoms with Gasteiger partial charge < -0.3 is 10.2 Å². The van der Waals surface area contributed by atoms with Crippen molar-refractivity contribution in [1.82, 2.24) is 0 Å². The van der Waals surface area contributed by atoms with Crippen LogP contribution in [0.1, 0.15) is 23.7 Å². The van der Waals surface area contributed by atoms with Gasteiger partial charge in [-0.2, -0.15) is 0 Å². The molecule has 23 heavy (non-hydrogen) atoms. The highest BCUT2D eigenvalue weighted by Crippen LogP contribution is 2.32. The summed E-state index contributed by atoms with van der Waals surface area (Å²) in [5.74, 6) is -2.51. The molecule has 0 spiro atoms. The largest absolute Gasteiger partial charge is 0.324 e. The van der Waals surface area contributed by atoms with Gasteiger partial charge in [-0.05, 0) is 31.2 Å². The Balaban J connectivity index is 2.09. The number of hydrogen-bond acceptors (Lipinski definition) is 2. The third-order valence-corrected chi connectivity index (χ3v) is 3.74. The smallest absolute Gasteiger partial charge is 0.261 e. The van der Waals surface area contributed by atoms with Crippen molar-refractivity contribution in [2.24, 2.45) is 0 Å². The van der Waals surface area contributed by atoms with Gasteiger partial charge in [-0.25, -0.2) is 8.78 Å². The third kappa shape index (κ3) is 2.79. The van der Waals surface area contributed by atoms with Crippen LogP contribution in [0.2, 0.25) is 0 Å². The molecule has 0 saturated heterocycles. The fourth-order valence-corrected chi connectivity index (χ4v) is 2.69. The van der Waals surface area contributed by atoms with Crippen LogP contribution in [-0.4, -0.2) is 17.9 Å². The molecule has 0 aromatic heterocycles. The van der Waals surface area contributed by atoms with Crippen LogP contribution in [0.25, 0.3) is 0 Å². The molecule has 1 aliphatic heterocycles. The normalized spacial score (nSPS) is 17.3. The maximum Gasteiger partial charge on any atom is 0.261 e. The molecule has 1 atom stereocenters. The van der Waals surface area contributed by atoms with E-state index in [2.05, 4.69) is 5.32 Å². The van der Waals surface area contributed by atoms with Gasteiger partial charge in [0.25, 0.3) is 5.91 Å². The molecule has 1 aliphatic rings. The molecule has 2 aromatic rings. The highest BCUT2D eigenvalue weighted by molar-refractivity contribution is 6.11. The van der Waals surface area contributed by atoms with E-state index >= 15 is 0 Å². The number of carbonyl (C=O) groups is 2. The number of fused-ring (bicyclic) bond motifs is 1. The van der Waals surface area contributed by atoms with Gasteiger partial charge in [-0.1, -0.05) is 12.1 Å². The van der Waals surface area contributed by atoms with Crippen LogP contribution in [0.15, 0.2) is 42.5 Å². The molecule has 2 amide bonds. The van der Waals surface area contributed by atoms with E-state index in [9.17, 15) is 18.4 Å². The third-order valence-electron chi connectivity index (χ3n) is 3.74. The Morgan fingerprint density at radius 2 is 1.96 bits per heavy atom. The van der Waals surface area contributed by atoms with Crippen LogP contribution in [0.3, 0.4) is 0 Å². The number of para-hydroxylation sites is 2. The maximum atomic E-state index is 14.0. The first-order valence-electron chi connectivity index (χ1n) is 7.15. The summed E-state index contributed by atoms with van der Waals surface area (Å²) in [5, 5.41) is 2.73.